The Hall–Kier alpha value is -3.31. The first-order valence-corrected chi connectivity index (χ1v) is 7.50. The van der Waals surface area contributed by atoms with E-state index in [4.69, 9.17) is 9.47 Å². The van der Waals surface area contributed by atoms with Crippen LogP contribution in [0.3, 0.4) is 0 Å². The van der Waals surface area contributed by atoms with E-state index in [-0.39, 0.29) is 19.0 Å². The monoisotopic (exact) mass is 318 g/mol. The molecule has 0 spiro atoms. The summed E-state index contributed by atoms with van der Waals surface area (Å²) in [7, 11) is 0. The van der Waals surface area contributed by atoms with Gasteiger partial charge in [0.15, 0.2) is 17.3 Å². The first-order chi connectivity index (χ1) is 11.7. The number of ether oxygens (including phenoxy) is 2. The highest BCUT2D eigenvalue weighted by Crippen LogP contribution is 2.38. The molecule has 2 aromatic rings. The second-order valence-corrected chi connectivity index (χ2v) is 5.45. The number of carbonyl (C=O) groups excluding carboxylic acids is 1. The predicted molar refractivity (Wildman–Crippen MR) is 85.4 cm³/mol. The molecule has 0 saturated carbocycles. The lowest BCUT2D eigenvalue weighted by atomic mass is 9.82. The summed E-state index contributed by atoms with van der Waals surface area (Å²) in [4.78, 5) is 12.5. The quantitative estimate of drug-likeness (QED) is 0.789. The maximum atomic E-state index is 12.5. The van der Waals surface area contributed by atoms with Gasteiger partial charge in [0.2, 0.25) is 6.79 Å². The third-order valence-corrected chi connectivity index (χ3v) is 4.01. The molecule has 0 unspecified atom stereocenters. The summed E-state index contributed by atoms with van der Waals surface area (Å²) >= 11 is 0. The molecule has 0 bridgehead atoms. The van der Waals surface area contributed by atoms with E-state index in [0.29, 0.717) is 17.1 Å². The van der Waals surface area contributed by atoms with Crippen molar-refractivity contribution < 1.29 is 14.3 Å². The van der Waals surface area contributed by atoms with E-state index in [1.165, 1.54) is 0 Å². The zero-order valence-corrected chi connectivity index (χ0v) is 12.8. The van der Waals surface area contributed by atoms with Crippen LogP contribution in [-0.4, -0.2) is 12.6 Å². The van der Waals surface area contributed by atoms with Crippen molar-refractivity contribution >= 4 is 5.78 Å². The van der Waals surface area contributed by atoms with Gasteiger partial charge in [0.1, 0.15) is 5.92 Å². The molecule has 24 heavy (non-hydrogen) atoms. The Morgan fingerprint density at radius 1 is 1.04 bits per heavy atom. The van der Waals surface area contributed by atoms with Crippen LogP contribution in [0.1, 0.15) is 28.3 Å². The Labute approximate surface area is 139 Å². The molecule has 1 aliphatic heterocycles. The van der Waals surface area contributed by atoms with E-state index in [9.17, 15) is 15.3 Å². The molecule has 0 radical (unpaired) electrons. The fraction of sp³-hybridized carbons (Fsp3) is 0.211. The summed E-state index contributed by atoms with van der Waals surface area (Å²) in [6.45, 7) is 0.145. The number of ketones is 1. The molecule has 0 fully saturated rings. The number of nitriles is 2. The van der Waals surface area contributed by atoms with Gasteiger partial charge < -0.3 is 9.47 Å². The largest absolute Gasteiger partial charge is 0.454 e. The second-order valence-electron chi connectivity index (χ2n) is 5.45. The summed E-state index contributed by atoms with van der Waals surface area (Å²) in [6.07, 6.45) is 0.0788. The minimum atomic E-state index is -0.918. The molecule has 0 N–H and O–H groups in total. The SMILES string of the molecule is N#CC(C#N)[C@H](CC(=O)c1ccccc1)c1ccc2c(c1)OCO2. The Balaban J connectivity index is 1.91. The number of fused-ring (bicyclic) bond motifs is 1. The number of nitrogens with zero attached hydrogens (tertiary/aromatic N) is 2. The van der Waals surface area contributed by atoms with Crippen molar-refractivity contribution in [1.29, 1.82) is 10.5 Å². The van der Waals surface area contributed by atoms with Gasteiger partial charge in [-0.3, -0.25) is 4.79 Å². The molecule has 2 aromatic carbocycles. The Bertz CT molecular complexity index is 820. The van der Waals surface area contributed by atoms with E-state index in [2.05, 4.69) is 0 Å². The molecule has 1 aliphatic rings. The van der Waals surface area contributed by atoms with Crippen molar-refractivity contribution in [1.82, 2.24) is 0 Å². The molecular formula is C19H14N2O3. The van der Waals surface area contributed by atoms with Gasteiger partial charge >= 0.3 is 0 Å². The fourth-order valence-corrected chi connectivity index (χ4v) is 2.72. The number of hydrogen-bond acceptors (Lipinski definition) is 5. The van der Waals surface area contributed by atoms with Gasteiger partial charge in [-0.1, -0.05) is 36.4 Å². The van der Waals surface area contributed by atoms with Crippen LogP contribution in [0.5, 0.6) is 11.5 Å². The number of carbonyl (C=O) groups is 1. The van der Waals surface area contributed by atoms with Crippen LogP contribution in [-0.2, 0) is 0 Å². The van der Waals surface area contributed by atoms with Crippen molar-refractivity contribution in [3.63, 3.8) is 0 Å². The van der Waals surface area contributed by atoms with Gasteiger partial charge in [-0.2, -0.15) is 10.5 Å². The smallest absolute Gasteiger partial charge is 0.231 e. The van der Waals surface area contributed by atoms with Gasteiger partial charge in [-0.15, -0.1) is 0 Å². The molecule has 1 heterocycles. The third kappa shape index (κ3) is 3.06. The molecule has 1 atom stereocenters. The van der Waals surface area contributed by atoms with Crippen molar-refractivity contribution in [2.45, 2.75) is 12.3 Å². The summed E-state index contributed by atoms with van der Waals surface area (Å²) in [5, 5.41) is 18.6. The molecule has 0 amide bonds. The molecule has 0 saturated heterocycles. The van der Waals surface area contributed by atoms with Crippen molar-refractivity contribution in [3.8, 4) is 23.6 Å². The lowest BCUT2D eigenvalue weighted by Crippen LogP contribution is -2.15. The Kier molecular flexibility index (Phi) is 4.45. The van der Waals surface area contributed by atoms with E-state index in [1.807, 2.05) is 18.2 Å². The van der Waals surface area contributed by atoms with Crippen LogP contribution < -0.4 is 9.47 Å². The van der Waals surface area contributed by atoms with Crippen molar-refractivity contribution in [3.05, 3.63) is 59.7 Å². The third-order valence-electron chi connectivity index (χ3n) is 4.01. The highest BCUT2D eigenvalue weighted by molar-refractivity contribution is 5.96. The zero-order chi connectivity index (χ0) is 16.9. The first kappa shape index (κ1) is 15.6. The second kappa shape index (κ2) is 6.85. The topological polar surface area (TPSA) is 83.1 Å². The lowest BCUT2D eigenvalue weighted by Gasteiger charge is -2.17. The molecule has 3 rings (SSSR count). The number of Topliss-reactive ketones (excluding diaryl/α,β-unsaturated/α-hetero) is 1. The van der Waals surface area contributed by atoms with E-state index in [1.54, 1.807) is 42.5 Å². The lowest BCUT2D eigenvalue weighted by molar-refractivity contribution is 0.0970. The maximum absolute atomic E-state index is 12.5. The van der Waals surface area contributed by atoms with E-state index < -0.39 is 11.8 Å². The number of hydrogen-bond donors (Lipinski definition) is 0. The minimum Gasteiger partial charge on any atom is -0.454 e. The summed E-state index contributed by atoms with van der Waals surface area (Å²) in [6, 6.07) is 18.1. The number of rotatable bonds is 5. The van der Waals surface area contributed by atoms with Gasteiger partial charge in [0.25, 0.3) is 0 Å². The van der Waals surface area contributed by atoms with Crippen molar-refractivity contribution in [2.75, 3.05) is 6.79 Å². The van der Waals surface area contributed by atoms with Gasteiger partial charge in [0.05, 0.1) is 12.1 Å². The first-order valence-electron chi connectivity index (χ1n) is 7.50. The Morgan fingerprint density at radius 3 is 2.46 bits per heavy atom. The van der Waals surface area contributed by atoms with E-state index in [0.717, 1.165) is 5.56 Å². The summed E-state index contributed by atoms with van der Waals surface area (Å²) < 4.78 is 10.6. The zero-order valence-electron chi connectivity index (χ0n) is 12.8. The summed E-state index contributed by atoms with van der Waals surface area (Å²) in [5.41, 5.74) is 1.29. The highest BCUT2D eigenvalue weighted by Gasteiger charge is 2.28. The average molecular weight is 318 g/mol. The average Bonchev–Trinajstić information content (AvgIpc) is 3.10. The predicted octanol–water partition coefficient (Wildman–Crippen LogP) is 3.44. The van der Waals surface area contributed by atoms with Crippen LogP contribution in [0.25, 0.3) is 0 Å². The van der Waals surface area contributed by atoms with Crippen LogP contribution in [0.2, 0.25) is 0 Å². The van der Waals surface area contributed by atoms with Crippen LogP contribution in [0.15, 0.2) is 48.5 Å². The van der Waals surface area contributed by atoms with Crippen LogP contribution >= 0.6 is 0 Å². The van der Waals surface area contributed by atoms with Gasteiger partial charge in [0, 0.05) is 17.9 Å². The van der Waals surface area contributed by atoms with Crippen LogP contribution in [0.4, 0.5) is 0 Å². The van der Waals surface area contributed by atoms with Crippen molar-refractivity contribution in [2.24, 2.45) is 5.92 Å². The Morgan fingerprint density at radius 2 is 1.75 bits per heavy atom. The molecule has 5 nitrogen and oxygen atoms in total. The molecule has 0 aromatic heterocycles. The molecule has 0 aliphatic carbocycles. The molecule has 118 valence electrons. The molecule has 5 heteroatoms. The fourth-order valence-electron chi connectivity index (χ4n) is 2.72. The maximum Gasteiger partial charge on any atom is 0.231 e. The van der Waals surface area contributed by atoms with Gasteiger partial charge in [-0.05, 0) is 17.7 Å². The molecular weight excluding hydrogens is 304 g/mol. The normalized spacial score (nSPS) is 13.1. The standard InChI is InChI=1S/C19H14N2O3/c20-10-15(11-21)16(9-17(22)13-4-2-1-3-5-13)14-6-7-18-19(8-14)24-12-23-18/h1-8,15-16H,9,12H2/t16-/m1/s1. The minimum absolute atomic E-state index is 0.0788. The highest BCUT2D eigenvalue weighted by atomic mass is 16.7. The summed E-state index contributed by atoms with van der Waals surface area (Å²) in [5.74, 6) is -0.356. The number of benzene rings is 2. The van der Waals surface area contributed by atoms with E-state index >= 15 is 0 Å². The van der Waals surface area contributed by atoms with Crippen LogP contribution in [0, 0.1) is 28.6 Å². The van der Waals surface area contributed by atoms with Gasteiger partial charge in [-0.25, -0.2) is 0 Å².